The molecule has 3 N–H and O–H groups in total. The molecule has 0 saturated carbocycles. The van der Waals surface area contributed by atoms with Gasteiger partial charge in [-0.15, -0.1) is 0 Å². The lowest BCUT2D eigenvalue weighted by molar-refractivity contribution is -0.120. The minimum atomic E-state index is 0.0169. The maximum atomic E-state index is 11.8. The van der Waals surface area contributed by atoms with Crippen molar-refractivity contribution in [2.24, 2.45) is 5.73 Å². The number of rotatable bonds is 4. The number of nitrogens with one attached hydrogen (secondary N) is 1. The SMILES string of the molecule is C[C@H](CN)NC(=O)Cc1ccc2ccccc2c1. The highest BCUT2D eigenvalue weighted by molar-refractivity contribution is 5.85. The predicted molar refractivity (Wildman–Crippen MR) is 74.3 cm³/mol. The van der Waals surface area contributed by atoms with Crippen LogP contribution in [0.5, 0.6) is 0 Å². The Labute approximate surface area is 107 Å². The number of carbonyl (C=O) groups is 1. The van der Waals surface area contributed by atoms with Crippen LogP contribution < -0.4 is 11.1 Å². The summed E-state index contributed by atoms with van der Waals surface area (Å²) in [5, 5.41) is 5.22. The Morgan fingerprint density at radius 3 is 2.67 bits per heavy atom. The first-order chi connectivity index (χ1) is 8.69. The molecule has 0 bridgehead atoms. The van der Waals surface area contributed by atoms with E-state index >= 15 is 0 Å². The van der Waals surface area contributed by atoms with E-state index < -0.39 is 0 Å². The normalized spacial score (nSPS) is 12.3. The van der Waals surface area contributed by atoms with Gasteiger partial charge in [0, 0.05) is 12.6 Å². The maximum Gasteiger partial charge on any atom is 0.224 e. The molecule has 0 aromatic heterocycles. The topological polar surface area (TPSA) is 55.1 Å². The standard InChI is InChI=1S/C15H18N2O/c1-11(10-16)17-15(18)9-12-6-7-13-4-2-3-5-14(13)8-12/h2-8,11H,9-10,16H2,1H3,(H,17,18)/t11-/m1/s1. The molecule has 0 aliphatic carbocycles. The van der Waals surface area contributed by atoms with E-state index in [1.54, 1.807) is 0 Å². The van der Waals surface area contributed by atoms with Crippen molar-refractivity contribution in [3.63, 3.8) is 0 Å². The van der Waals surface area contributed by atoms with Crippen LogP contribution in [0, 0.1) is 0 Å². The Morgan fingerprint density at radius 1 is 1.22 bits per heavy atom. The summed E-state index contributed by atoms with van der Waals surface area (Å²) in [5.41, 5.74) is 6.50. The second-order valence-electron chi connectivity index (χ2n) is 4.56. The summed E-state index contributed by atoms with van der Waals surface area (Å²) in [6, 6.07) is 14.3. The van der Waals surface area contributed by atoms with Gasteiger partial charge in [-0.05, 0) is 23.3 Å². The molecule has 3 nitrogen and oxygen atoms in total. The molecule has 0 unspecified atom stereocenters. The number of hydrogen-bond acceptors (Lipinski definition) is 2. The summed E-state index contributed by atoms with van der Waals surface area (Å²) in [5.74, 6) is 0.0169. The molecule has 0 aliphatic rings. The average molecular weight is 242 g/mol. The van der Waals surface area contributed by atoms with Gasteiger partial charge in [0.2, 0.25) is 5.91 Å². The second-order valence-corrected chi connectivity index (χ2v) is 4.56. The molecule has 0 spiro atoms. The minimum absolute atomic E-state index is 0.0169. The van der Waals surface area contributed by atoms with Crippen molar-refractivity contribution in [2.75, 3.05) is 6.54 Å². The third-order valence-corrected chi connectivity index (χ3v) is 2.94. The van der Waals surface area contributed by atoms with Crippen molar-refractivity contribution >= 4 is 16.7 Å². The number of carbonyl (C=O) groups excluding carboxylic acids is 1. The fourth-order valence-electron chi connectivity index (χ4n) is 1.92. The smallest absolute Gasteiger partial charge is 0.224 e. The Bertz CT molecular complexity index is 551. The lowest BCUT2D eigenvalue weighted by Gasteiger charge is -2.11. The van der Waals surface area contributed by atoms with E-state index in [2.05, 4.69) is 23.5 Å². The Balaban J connectivity index is 2.10. The van der Waals surface area contributed by atoms with E-state index in [0.29, 0.717) is 13.0 Å². The summed E-state index contributed by atoms with van der Waals surface area (Å²) in [7, 11) is 0. The Hall–Kier alpha value is -1.87. The highest BCUT2D eigenvalue weighted by Crippen LogP contribution is 2.15. The summed E-state index contributed by atoms with van der Waals surface area (Å²) in [6.07, 6.45) is 0.398. The molecular weight excluding hydrogens is 224 g/mol. The molecule has 1 atom stereocenters. The lowest BCUT2D eigenvalue weighted by atomic mass is 10.0. The molecule has 0 fully saturated rings. The second kappa shape index (κ2) is 5.65. The van der Waals surface area contributed by atoms with Crippen molar-refractivity contribution in [2.45, 2.75) is 19.4 Å². The molecule has 2 aromatic carbocycles. The first-order valence-electron chi connectivity index (χ1n) is 6.16. The van der Waals surface area contributed by atoms with Crippen LogP contribution in [0.4, 0.5) is 0 Å². The van der Waals surface area contributed by atoms with Crippen LogP contribution in [-0.4, -0.2) is 18.5 Å². The van der Waals surface area contributed by atoms with E-state index in [1.807, 2.05) is 31.2 Å². The molecule has 1 amide bonds. The monoisotopic (exact) mass is 242 g/mol. The van der Waals surface area contributed by atoms with Gasteiger partial charge in [-0.3, -0.25) is 4.79 Å². The number of amides is 1. The summed E-state index contributed by atoms with van der Waals surface area (Å²) in [4.78, 5) is 11.8. The minimum Gasteiger partial charge on any atom is -0.352 e. The molecule has 3 heteroatoms. The molecule has 2 aromatic rings. The third-order valence-electron chi connectivity index (χ3n) is 2.94. The van der Waals surface area contributed by atoms with Crippen LogP contribution >= 0.6 is 0 Å². The van der Waals surface area contributed by atoms with Crippen LogP contribution in [0.3, 0.4) is 0 Å². The zero-order valence-corrected chi connectivity index (χ0v) is 10.5. The van der Waals surface area contributed by atoms with Crippen molar-refractivity contribution in [1.82, 2.24) is 5.32 Å². The van der Waals surface area contributed by atoms with Gasteiger partial charge in [-0.2, -0.15) is 0 Å². The van der Waals surface area contributed by atoms with Gasteiger partial charge in [0.05, 0.1) is 6.42 Å². The van der Waals surface area contributed by atoms with Crippen LogP contribution in [-0.2, 0) is 11.2 Å². The predicted octanol–water partition coefficient (Wildman–Crippen LogP) is 1.85. The fraction of sp³-hybridized carbons (Fsp3) is 0.267. The Kier molecular flexibility index (Phi) is 3.95. The van der Waals surface area contributed by atoms with Gasteiger partial charge in [0.15, 0.2) is 0 Å². The van der Waals surface area contributed by atoms with E-state index in [1.165, 1.54) is 5.39 Å². The zero-order valence-electron chi connectivity index (χ0n) is 10.5. The van der Waals surface area contributed by atoms with Gasteiger partial charge >= 0.3 is 0 Å². The number of nitrogens with two attached hydrogens (primary N) is 1. The first kappa shape index (κ1) is 12.6. The summed E-state index contributed by atoms with van der Waals surface area (Å²) >= 11 is 0. The van der Waals surface area contributed by atoms with E-state index in [-0.39, 0.29) is 11.9 Å². The van der Waals surface area contributed by atoms with Crippen LogP contribution in [0.25, 0.3) is 10.8 Å². The third kappa shape index (κ3) is 3.08. The van der Waals surface area contributed by atoms with Gasteiger partial charge in [0.25, 0.3) is 0 Å². The number of hydrogen-bond donors (Lipinski definition) is 2. The molecule has 0 aliphatic heterocycles. The molecule has 18 heavy (non-hydrogen) atoms. The molecule has 94 valence electrons. The van der Waals surface area contributed by atoms with E-state index in [4.69, 9.17) is 5.73 Å². The fourth-order valence-corrected chi connectivity index (χ4v) is 1.92. The zero-order chi connectivity index (χ0) is 13.0. The maximum absolute atomic E-state index is 11.8. The van der Waals surface area contributed by atoms with Crippen molar-refractivity contribution in [3.05, 3.63) is 48.0 Å². The van der Waals surface area contributed by atoms with Gasteiger partial charge in [-0.25, -0.2) is 0 Å². The average Bonchev–Trinajstić information content (AvgIpc) is 2.38. The van der Waals surface area contributed by atoms with Crippen LogP contribution in [0.1, 0.15) is 12.5 Å². The summed E-state index contributed by atoms with van der Waals surface area (Å²) < 4.78 is 0. The van der Waals surface area contributed by atoms with Crippen LogP contribution in [0.15, 0.2) is 42.5 Å². The van der Waals surface area contributed by atoms with Crippen molar-refractivity contribution in [3.8, 4) is 0 Å². The summed E-state index contributed by atoms with van der Waals surface area (Å²) in [6.45, 7) is 2.36. The molecule has 0 radical (unpaired) electrons. The van der Waals surface area contributed by atoms with E-state index in [9.17, 15) is 4.79 Å². The highest BCUT2D eigenvalue weighted by Gasteiger charge is 2.07. The van der Waals surface area contributed by atoms with Gasteiger partial charge < -0.3 is 11.1 Å². The van der Waals surface area contributed by atoms with Crippen molar-refractivity contribution in [1.29, 1.82) is 0 Å². The molecular formula is C15H18N2O. The van der Waals surface area contributed by atoms with Gasteiger partial charge in [-0.1, -0.05) is 42.5 Å². The highest BCUT2D eigenvalue weighted by atomic mass is 16.1. The molecule has 0 saturated heterocycles. The van der Waals surface area contributed by atoms with Gasteiger partial charge in [0.1, 0.15) is 0 Å². The largest absolute Gasteiger partial charge is 0.352 e. The van der Waals surface area contributed by atoms with E-state index in [0.717, 1.165) is 10.9 Å². The number of fused-ring (bicyclic) bond motifs is 1. The quantitative estimate of drug-likeness (QED) is 0.859. The Morgan fingerprint density at radius 2 is 1.94 bits per heavy atom. The molecule has 0 heterocycles. The number of benzene rings is 2. The lowest BCUT2D eigenvalue weighted by Crippen LogP contribution is -2.38. The molecule has 2 rings (SSSR count). The van der Waals surface area contributed by atoms with Crippen molar-refractivity contribution < 1.29 is 4.79 Å². The van der Waals surface area contributed by atoms with Crippen LogP contribution in [0.2, 0.25) is 0 Å². The first-order valence-corrected chi connectivity index (χ1v) is 6.16.